The molecular weight excluding hydrogens is 464 g/mol. The van der Waals surface area contributed by atoms with Crippen molar-refractivity contribution in [3.63, 3.8) is 0 Å². The van der Waals surface area contributed by atoms with Gasteiger partial charge in [-0.2, -0.15) is 9.78 Å². The molecule has 1 amide bonds. The summed E-state index contributed by atoms with van der Waals surface area (Å²) in [7, 11) is 0. The lowest BCUT2D eigenvalue weighted by molar-refractivity contribution is 0.0949. The van der Waals surface area contributed by atoms with E-state index in [-0.39, 0.29) is 17.3 Å². The largest absolute Gasteiger partial charge is 0.378 e. The summed E-state index contributed by atoms with van der Waals surface area (Å²) in [6.45, 7) is 2.09. The summed E-state index contributed by atoms with van der Waals surface area (Å²) in [5.74, 6) is -0.0124. The first-order chi connectivity index (χ1) is 16.0. The molecular formula is C21H19ClN8O2S. The van der Waals surface area contributed by atoms with E-state index in [4.69, 9.17) is 17.3 Å². The quantitative estimate of drug-likeness (QED) is 0.221. The van der Waals surface area contributed by atoms with Crippen LogP contribution in [0, 0.1) is 0 Å². The molecule has 4 aromatic rings. The zero-order chi connectivity index (χ0) is 23.2. The highest BCUT2D eigenvalue weighted by molar-refractivity contribution is 7.98. The zero-order valence-corrected chi connectivity index (χ0v) is 19.0. The maximum Gasteiger partial charge on any atom is 0.293 e. The van der Waals surface area contributed by atoms with Crippen LogP contribution in [0.5, 0.6) is 0 Å². The Labute approximate surface area is 198 Å². The molecule has 12 heteroatoms. The van der Waals surface area contributed by atoms with E-state index in [1.165, 1.54) is 22.0 Å². The van der Waals surface area contributed by atoms with Gasteiger partial charge in [0, 0.05) is 15.7 Å². The third-order valence-corrected chi connectivity index (χ3v) is 5.91. The van der Waals surface area contributed by atoms with Crippen molar-refractivity contribution < 1.29 is 9.42 Å². The molecule has 0 aliphatic carbocycles. The Kier molecular flexibility index (Phi) is 7.01. The SMILES string of the molecule is CCc1ccc(/C=N\NC(=O)c2nnn(-c3nonc3N)c2CSc2ccc(Cl)cc2)cc1. The van der Waals surface area contributed by atoms with Crippen LogP contribution in [0.1, 0.15) is 34.2 Å². The number of carbonyl (C=O) groups excluding carboxylic acids is 1. The third kappa shape index (κ3) is 5.38. The van der Waals surface area contributed by atoms with E-state index in [0.29, 0.717) is 16.5 Å². The van der Waals surface area contributed by atoms with E-state index in [1.807, 2.05) is 36.4 Å². The molecule has 0 aliphatic rings. The van der Waals surface area contributed by atoms with E-state index in [1.54, 1.807) is 18.3 Å². The number of aryl methyl sites for hydroxylation is 1. The van der Waals surface area contributed by atoms with E-state index in [9.17, 15) is 4.79 Å². The topological polar surface area (TPSA) is 137 Å². The summed E-state index contributed by atoms with van der Waals surface area (Å²) in [4.78, 5) is 13.8. The lowest BCUT2D eigenvalue weighted by atomic mass is 10.1. The predicted octanol–water partition coefficient (Wildman–Crippen LogP) is 3.50. The summed E-state index contributed by atoms with van der Waals surface area (Å²) in [6, 6.07) is 15.2. The number of hydrazone groups is 1. The fourth-order valence-electron chi connectivity index (χ4n) is 2.86. The summed E-state index contributed by atoms with van der Waals surface area (Å²) in [5.41, 5.74) is 10.9. The van der Waals surface area contributed by atoms with Crippen LogP contribution in [0.15, 0.2) is 63.2 Å². The third-order valence-electron chi connectivity index (χ3n) is 4.63. The minimum Gasteiger partial charge on any atom is -0.378 e. The average Bonchev–Trinajstić information content (AvgIpc) is 3.44. The minimum absolute atomic E-state index is 0.0261. The van der Waals surface area contributed by atoms with Crippen LogP contribution in [-0.4, -0.2) is 37.4 Å². The average molecular weight is 483 g/mol. The van der Waals surface area contributed by atoms with Crippen LogP contribution in [0.25, 0.3) is 5.82 Å². The van der Waals surface area contributed by atoms with Crippen LogP contribution < -0.4 is 11.2 Å². The minimum atomic E-state index is -0.524. The molecule has 0 spiro atoms. The number of carbonyl (C=O) groups is 1. The smallest absolute Gasteiger partial charge is 0.293 e. The number of nitrogens with one attached hydrogen (secondary N) is 1. The molecule has 0 aliphatic heterocycles. The number of amides is 1. The normalized spacial score (nSPS) is 11.2. The summed E-state index contributed by atoms with van der Waals surface area (Å²) < 4.78 is 6.00. The van der Waals surface area contributed by atoms with Crippen LogP contribution >= 0.6 is 23.4 Å². The van der Waals surface area contributed by atoms with Crippen molar-refractivity contribution >= 4 is 41.3 Å². The zero-order valence-electron chi connectivity index (χ0n) is 17.5. The lowest BCUT2D eigenvalue weighted by Crippen LogP contribution is -2.20. The highest BCUT2D eigenvalue weighted by Gasteiger charge is 2.24. The Morgan fingerprint density at radius 3 is 2.64 bits per heavy atom. The molecule has 0 fully saturated rings. The van der Waals surface area contributed by atoms with Gasteiger partial charge in [-0.15, -0.1) is 16.9 Å². The number of halogens is 1. The molecule has 0 saturated heterocycles. The van der Waals surface area contributed by atoms with E-state index in [0.717, 1.165) is 16.9 Å². The predicted molar refractivity (Wildman–Crippen MR) is 126 cm³/mol. The van der Waals surface area contributed by atoms with E-state index < -0.39 is 5.91 Å². The number of nitrogens with two attached hydrogens (primary N) is 1. The van der Waals surface area contributed by atoms with Gasteiger partial charge in [-0.1, -0.05) is 48.0 Å². The number of benzene rings is 2. The van der Waals surface area contributed by atoms with Gasteiger partial charge >= 0.3 is 0 Å². The maximum atomic E-state index is 12.8. The molecule has 33 heavy (non-hydrogen) atoms. The standard InChI is InChI=1S/C21H19ClN8O2S/c1-2-13-3-5-14(6-4-13)11-24-26-21(31)18-17(12-33-16-9-7-15(22)8-10-16)30(29-25-18)20-19(23)27-32-28-20/h3-11H,2,12H2,1H3,(H2,23,27)(H,26,31)/b24-11-. The summed E-state index contributed by atoms with van der Waals surface area (Å²) in [6.07, 6.45) is 2.51. The van der Waals surface area contributed by atoms with Gasteiger partial charge in [0.1, 0.15) is 0 Å². The molecule has 10 nitrogen and oxygen atoms in total. The van der Waals surface area contributed by atoms with Crippen LogP contribution in [0.2, 0.25) is 5.02 Å². The van der Waals surface area contributed by atoms with Crippen molar-refractivity contribution in [3.8, 4) is 5.82 Å². The Morgan fingerprint density at radius 1 is 1.21 bits per heavy atom. The number of hydrogen-bond acceptors (Lipinski definition) is 9. The number of anilines is 1. The van der Waals surface area contributed by atoms with E-state index in [2.05, 4.69) is 42.7 Å². The first-order valence-electron chi connectivity index (χ1n) is 9.89. The first-order valence-corrected chi connectivity index (χ1v) is 11.2. The molecule has 0 radical (unpaired) electrons. The molecule has 4 rings (SSSR count). The van der Waals surface area contributed by atoms with Gasteiger partial charge in [-0.25, -0.2) is 10.1 Å². The fourth-order valence-corrected chi connectivity index (χ4v) is 3.87. The van der Waals surface area contributed by atoms with Gasteiger partial charge in [0.05, 0.1) is 11.9 Å². The highest BCUT2D eigenvalue weighted by atomic mass is 35.5. The first kappa shape index (κ1) is 22.5. The molecule has 2 aromatic heterocycles. The molecule has 0 saturated carbocycles. The Morgan fingerprint density at radius 2 is 1.97 bits per heavy atom. The van der Waals surface area contributed by atoms with Crippen molar-refractivity contribution in [1.82, 2.24) is 30.7 Å². The van der Waals surface area contributed by atoms with Crippen molar-refractivity contribution in [2.75, 3.05) is 5.73 Å². The number of nitrogens with zero attached hydrogens (tertiary/aromatic N) is 6. The van der Waals surface area contributed by atoms with Gasteiger partial charge in [0.15, 0.2) is 5.69 Å². The molecule has 0 atom stereocenters. The van der Waals surface area contributed by atoms with Crippen LogP contribution in [-0.2, 0) is 12.2 Å². The number of hydrogen-bond donors (Lipinski definition) is 2. The monoisotopic (exact) mass is 482 g/mol. The van der Waals surface area contributed by atoms with Crippen molar-refractivity contribution in [2.24, 2.45) is 5.10 Å². The number of rotatable bonds is 8. The van der Waals surface area contributed by atoms with Crippen LogP contribution in [0.4, 0.5) is 5.82 Å². The molecule has 3 N–H and O–H groups in total. The highest BCUT2D eigenvalue weighted by Crippen LogP contribution is 2.27. The lowest BCUT2D eigenvalue weighted by Gasteiger charge is -2.06. The molecule has 0 unspecified atom stereocenters. The fraction of sp³-hybridized carbons (Fsp3) is 0.143. The molecule has 2 heterocycles. The molecule has 168 valence electrons. The van der Waals surface area contributed by atoms with Gasteiger partial charge in [-0.05, 0) is 52.1 Å². The van der Waals surface area contributed by atoms with Crippen molar-refractivity contribution in [3.05, 3.63) is 76.1 Å². The molecule has 2 aromatic carbocycles. The van der Waals surface area contributed by atoms with E-state index >= 15 is 0 Å². The van der Waals surface area contributed by atoms with Crippen LogP contribution in [0.3, 0.4) is 0 Å². The number of thioether (sulfide) groups is 1. The van der Waals surface area contributed by atoms with Gasteiger partial charge in [-0.3, -0.25) is 4.79 Å². The summed E-state index contributed by atoms with van der Waals surface area (Å²) in [5, 5.41) is 20.0. The van der Waals surface area contributed by atoms with Gasteiger partial charge < -0.3 is 5.73 Å². The Bertz CT molecular complexity index is 1270. The van der Waals surface area contributed by atoms with Gasteiger partial charge in [0.2, 0.25) is 11.6 Å². The Hall–Kier alpha value is -3.70. The second-order valence-electron chi connectivity index (χ2n) is 6.81. The second kappa shape index (κ2) is 10.3. The second-order valence-corrected chi connectivity index (χ2v) is 8.29. The molecule has 0 bridgehead atoms. The maximum absolute atomic E-state index is 12.8. The number of aromatic nitrogens is 5. The van der Waals surface area contributed by atoms with Crippen molar-refractivity contribution in [2.45, 2.75) is 24.0 Å². The number of nitrogen functional groups attached to an aromatic ring is 1. The van der Waals surface area contributed by atoms with Crippen molar-refractivity contribution in [1.29, 1.82) is 0 Å². The summed E-state index contributed by atoms with van der Waals surface area (Å²) >= 11 is 7.42. The Balaban J connectivity index is 1.55. The van der Waals surface area contributed by atoms with Gasteiger partial charge in [0.25, 0.3) is 5.91 Å².